The number of nitrogens with one attached hydrogen (secondary N) is 1. The van der Waals surface area contributed by atoms with E-state index in [1.807, 2.05) is 0 Å². The fourth-order valence-electron chi connectivity index (χ4n) is 3.40. The van der Waals surface area contributed by atoms with Gasteiger partial charge in [-0.15, -0.1) is 0 Å². The molecule has 0 aromatic heterocycles. The van der Waals surface area contributed by atoms with Crippen molar-refractivity contribution >= 4 is 29.1 Å². The first kappa shape index (κ1) is 21.1. The second kappa shape index (κ2) is 8.02. The smallest absolute Gasteiger partial charge is 0.345 e. The van der Waals surface area contributed by atoms with E-state index in [9.17, 15) is 27.2 Å². The van der Waals surface area contributed by atoms with Gasteiger partial charge in [0.1, 0.15) is 5.92 Å². The molecule has 3 rings (SSSR count). The molecule has 0 aliphatic carbocycles. The van der Waals surface area contributed by atoms with Crippen molar-refractivity contribution in [1.29, 1.82) is 0 Å². The molecule has 2 atom stereocenters. The summed E-state index contributed by atoms with van der Waals surface area (Å²) in [7, 11) is 1.53. The Hall–Kier alpha value is -2.61. The van der Waals surface area contributed by atoms with Crippen molar-refractivity contribution in [1.82, 2.24) is 4.90 Å². The van der Waals surface area contributed by atoms with Crippen LogP contribution in [0.1, 0.15) is 23.5 Å². The number of benzene rings is 2. The topological polar surface area (TPSA) is 49.4 Å². The van der Waals surface area contributed by atoms with E-state index >= 15 is 0 Å². The van der Waals surface area contributed by atoms with Crippen LogP contribution in [0.3, 0.4) is 0 Å². The SMILES string of the molecule is CN1CC[C@H](c2ccc(C(F)(F)F)cc2)[C@@H](C(=O)Nc2cccc(Cl)c2F)C1=O. The molecule has 1 aliphatic heterocycles. The number of carbonyl (C=O) groups excluding carboxylic acids is 2. The maximum atomic E-state index is 14.1. The summed E-state index contributed by atoms with van der Waals surface area (Å²) in [5.74, 6) is -3.90. The summed E-state index contributed by atoms with van der Waals surface area (Å²) < 4.78 is 52.6. The van der Waals surface area contributed by atoms with Crippen molar-refractivity contribution in [2.24, 2.45) is 5.92 Å². The highest BCUT2D eigenvalue weighted by molar-refractivity contribution is 6.31. The van der Waals surface area contributed by atoms with Crippen molar-refractivity contribution < 1.29 is 27.2 Å². The predicted octanol–water partition coefficient (Wildman–Crippen LogP) is 4.70. The molecule has 1 fully saturated rings. The van der Waals surface area contributed by atoms with Crippen LogP contribution in [0.15, 0.2) is 42.5 Å². The molecule has 0 radical (unpaired) electrons. The fourth-order valence-corrected chi connectivity index (χ4v) is 3.58. The van der Waals surface area contributed by atoms with Gasteiger partial charge in [-0.3, -0.25) is 9.59 Å². The van der Waals surface area contributed by atoms with Gasteiger partial charge in [-0.05, 0) is 36.2 Å². The molecule has 0 unspecified atom stereocenters. The third-order valence-electron chi connectivity index (χ3n) is 4.98. The summed E-state index contributed by atoms with van der Waals surface area (Å²) >= 11 is 5.72. The van der Waals surface area contributed by atoms with Crippen LogP contribution in [0, 0.1) is 11.7 Å². The summed E-state index contributed by atoms with van der Waals surface area (Å²) in [6.45, 7) is 0.347. The predicted molar refractivity (Wildman–Crippen MR) is 100.0 cm³/mol. The van der Waals surface area contributed by atoms with Gasteiger partial charge in [0.05, 0.1) is 16.3 Å². The van der Waals surface area contributed by atoms with E-state index in [4.69, 9.17) is 11.6 Å². The summed E-state index contributed by atoms with van der Waals surface area (Å²) in [6, 6.07) is 8.45. The number of hydrogen-bond donors (Lipinski definition) is 1. The largest absolute Gasteiger partial charge is 0.416 e. The number of piperidine rings is 1. The molecule has 1 aliphatic rings. The fraction of sp³-hybridized carbons (Fsp3) is 0.300. The minimum Gasteiger partial charge on any atom is -0.345 e. The number of halogens is 5. The molecule has 0 bridgehead atoms. The zero-order chi connectivity index (χ0) is 21.3. The molecular weight excluding hydrogens is 412 g/mol. The monoisotopic (exact) mass is 428 g/mol. The molecule has 2 aromatic carbocycles. The van der Waals surface area contributed by atoms with E-state index in [0.29, 0.717) is 18.5 Å². The van der Waals surface area contributed by atoms with E-state index in [1.165, 1.54) is 42.3 Å². The Morgan fingerprint density at radius 2 is 1.83 bits per heavy atom. The van der Waals surface area contributed by atoms with Crippen molar-refractivity contribution in [3.05, 3.63) is 64.4 Å². The molecule has 9 heteroatoms. The maximum absolute atomic E-state index is 14.1. The van der Waals surface area contributed by atoms with Crippen LogP contribution < -0.4 is 5.32 Å². The van der Waals surface area contributed by atoms with Crippen molar-refractivity contribution in [2.45, 2.75) is 18.5 Å². The molecule has 0 saturated carbocycles. The summed E-state index contributed by atoms with van der Waals surface area (Å²) in [5.41, 5.74) is -0.552. The second-order valence-corrected chi connectivity index (χ2v) is 7.25. The minimum absolute atomic E-state index is 0.172. The lowest BCUT2D eigenvalue weighted by atomic mass is 9.79. The first-order valence-electron chi connectivity index (χ1n) is 8.76. The average Bonchev–Trinajstić information content (AvgIpc) is 2.67. The van der Waals surface area contributed by atoms with Crippen molar-refractivity contribution in [2.75, 3.05) is 18.9 Å². The molecule has 4 nitrogen and oxygen atoms in total. The van der Waals surface area contributed by atoms with Crippen LogP contribution in [-0.2, 0) is 15.8 Å². The van der Waals surface area contributed by atoms with Crippen LogP contribution in [0.2, 0.25) is 5.02 Å². The van der Waals surface area contributed by atoms with Crippen molar-refractivity contribution in [3.63, 3.8) is 0 Å². The Morgan fingerprint density at radius 3 is 2.45 bits per heavy atom. The Labute approximate surface area is 169 Å². The molecule has 29 heavy (non-hydrogen) atoms. The lowest BCUT2D eigenvalue weighted by Crippen LogP contribution is -2.47. The number of carbonyl (C=O) groups is 2. The minimum atomic E-state index is -4.48. The van der Waals surface area contributed by atoms with E-state index in [2.05, 4.69) is 5.32 Å². The highest BCUT2D eigenvalue weighted by atomic mass is 35.5. The average molecular weight is 429 g/mol. The molecule has 1 saturated heterocycles. The van der Waals surface area contributed by atoms with Crippen LogP contribution in [-0.4, -0.2) is 30.3 Å². The number of nitrogens with zero attached hydrogens (tertiary/aromatic N) is 1. The number of hydrogen-bond acceptors (Lipinski definition) is 2. The molecule has 0 spiro atoms. The van der Waals surface area contributed by atoms with E-state index < -0.39 is 41.2 Å². The Bertz CT molecular complexity index is 931. The molecule has 1 N–H and O–H groups in total. The summed E-state index contributed by atoms with van der Waals surface area (Å²) in [4.78, 5) is 26.9. The van der Waals surface area contributed by atoms with Gasteiger partial charge in [-0.1, -0.05) is 29.8 Å². The number of alkyl halides is 3. The first-order chi connectivity index (χ1) is 13.6. The van der Waals surface area contributed by atoms with E-state index in [0.717, 1.165) is 12.1 Å². The lowest BCUT2D eigenvalue weighted by Gasteiger charge is -2.35. The van der Waals surface area contributed by atoms with Gasteiger partial charge >= 0.3 is 6.18 Å². The van der Waals surface area contributed by atoms with Crippen molar-refractivity contribution in [3.8, 4) is 0 Å². The van der Waals surface area contributed by atoms with Crippen LogP contribution in [0.5, 0.6) is 0 Å². The third kappa shape index (κ3) is 4.37. The Morgan fingerprint density at radius 1 is 1.17 bits per heavy atom. The summed E-state index contributed by atoms with van der Waals surface area (Å²) in [6.07, 6.45) is -4.11. The number of amides is 2. The quantitative estimate of drug-likeness (QED) is 0.569. The number of anilines is 1. The Balaban J connectivity index is 1.91. The highest BCUT2D eigenvalue weighted by Crippen LogP contribution is 2.37. The lowest BCUT2D eigenvalue weighted by molar-refractivity contribution is -0.143. The normalized spacial score (nSPS) is 19.9. The molecule has 154 valence electrons. The van der Waals surface area contributed by atoms with Gasteiger partial charge in [0.25, 0.3) is 0 Å². The third-order valence-corrected chi connectivity index (χ3v) is 5.27. The van der Waals surface area contributed by atoms with Gasteiger partial charge in [0, 0.05) is 19.5 Å². The van der Waals surface area contributed by atoms with Gasteiger partial charge < -0.3 is 10.2 Å². The molecule has 1 heterocycles. The molecule has 2 amide bonds. The van der Waals surface area contributed by atoms with Crippen LogP contribution >= 0.6 is 11.6 Å². The molecule has 2 aromatic rings. The van der Waals surface area contributed by atoms with Gasteiger partial charge in [-0.2, -0.15) is 13.2 Å². The van der Waals surface area contributed by atoms with Crippen LogP contribution in [0.25, 0.3) is 0 Å². The van der Waals surface area contributed by atoms with Gasteiger partial charge in [0.15, 0.2) is 5.82 Å². The number of rotatable bonds is 3. The molecular formula is C20H17ClF4N2O2. The van der Waals surface area contributed by atoms with E-state index in [1.54, 1.807) is 0 Å². The first-order valence-corrected chi connectivity index (χ1v) is 9.14. The zero-order valence-corrected chi connectivity index (χ0v) is 16.0. The van der Waals surface area contributed by atoms with Crippen LogP contribution in [0.4, 0.5) is 23.2 Å². The van der Waals surface area contributed by atoms with Gasteiger partial charge in [0.2, 0.25) is 11.8 Å². The number of likely N-dealkylation sites (tertiary alicyclic amines) is 1. The van der Waals surface area contributed by atoms with Gasteiger partial charge in [-0.25, -0.2) is 4.39 Å². The zero-order valence-electron chi connectivity index (χ0n) is 15.3. The van der Waals surface area contributed by atoms with E-state index in [-0.39, 0.29) is 10.7 Å². The standard InChI is InChI=1S/C20H17ClF4N2O2/c1-27-10-9-13(11-5-7-12(8-6-11)20(23,24)25)16(19(27)29)18(28)26-15-4-2-3-14(21)17(15)22/h2-8,13,16H,9-10H2,1H3,(H,26,28)/t13-,16+/m1/s1. The second-order valence-electron chi connectivity index (χ2n) is 6.84. The maximum Gasteiger partial charge on any atom is 0.416 e. The Kier molecular flexibility index (Phi) is 5.84. The summed E-state index contributed by atoms with van der Waals surface area (Å²) in [5, 5.41) is 2.20. The highest BCUT2D eigenvalue weighted by Gasteiger charge is 2.41.